The van der Waals surface area contributed by atoms with E-state index in [1.54, 1.807) is 22.7 Å². The molecule has 3 nitrogen and oxygen atoms in total. The molecule has 3 rings (SSSR count). The Labute approximate surface area is 132 Å². The summed E-state index contributed by atoms with van der Waals surface area (Å²) in [6, 6.07) is 4.15. The highest BCUT2D eigenvalue weighted by atomic mass is 79.9. The molecule has 0 atom stereocenters. The Balaban J connectivity index is 1.96. The monoisotopic (exact) mass is 373 g/mol. The molecule has 0 aromatic carbocycles. The summed E-state index contributed by atoms with van der Waals surface area (Å²) >= 11 is 12.8. The molecule has 0 saturated carbocycles. The van der Waals surface area contributed by atoms with E-state index < -0.39 is 0 Å². The van der Waals surface area contributed by atoms with Gasteiger partial charge in [-0.15, -0.1) is 22.7 Å². The van der Waals surface area contributed by atoms with Gasteiger partial charge in [0, 0.05) is 21.8 Å². The molecule has 3 heterocycles. The lowest BCUT2D eigenvalue weighted by Gasteiger charge is -2.18. The van der Waals surface area contributed by atoms with Gasteiger partial charge in [-0.25, -0.2) is 4.98 Å². The van der Waals surface area contributed by atoms with Gasteiger partial charge in [0.1, 0.15) is 10.6 Å². The van der Waals surface area contributed by atoms with Crippen LogP contribution in [0.1, 0.15) is 4.88 Å². The van der Waals surface area contributed by atoms with Crippen LogP contribution in [-0.4, -0.2) is 17.0 Å². The van der Waals surface area contributed by atoms with Crippen LogP contribution in [-0.2, 0) is 6.54 Å². The summed E-state index contributed by atoms with van der Waals surface area (Å²) in [6.07, 6.45) is 0. The number of halogens is 2. The minimum absolute atomic E-state index is 0.296. The Hall–Kier alpha value is -0.690. The molecule has 0 radical (unpaired) electrons. The number of nitrogens with zero attached hydrogens (tertiary/aromatic N) is 3. The van der Waals surface area contributed by atoms with Gasteiger partial charge < -0.3 is 4.90 Å². The highest BCUT2D eigenvalue weighted by Gasteiger charge is 2.13. The second-order valence-electron chi connectivity index (χ2n) is 4.04. The van der Waals surface area contributed by atoms with Crippen LogP contribution in [0.3, 0.4) is 0 Å². The molecule has 0 unspecified atom stereocenters. The van der Waals surface area contributed by atoms with Gasteiger partial charge in [0.05, 0.1) is 11.9 Å². The number of hydrogen-bond acceptors (Lipinski definition) is 5. The summed E-state index contributed by atoms with van der Waals surface area (Å²) in [4.78, 5) is 12.9. The molecule has 0 aliphatic heterocycles. The highest BCUT2D eigenvalue weighted by molar-refractivity contribution is 9.10. The van der Waals surface area contributed by atoms with Crippen LogP contribution in [0.25, 0.3) is 10.2 Å². The smallest absolute Gasteiger partial charge is 0.225 e. The van der Waals surface area contributed by atoms with Crippen LogP contribution in [0.15, 0.2) is 27.4 Å². The zero-order valence-electron chi connectivity index (χ0n) is 9.93. The molecule has 3 aromatic heterocycles. The standard InChI is InChI=1S/C12H9BrClN3S2/c1-17(5-8-4-7(13)6-19-8)10-9-2-3-18-11(9)16-12(14)15-10/h2-4,6H,5H2,1H3. The lowest BCUT2D eigenvalue weighted by Crippen LogP contribution is -2.17. The molecular weight excluding hydrogens is 366 g/mol. The van der Waals surface area contributed by atoms with Gasteiger partial charge in [-0.05, 0) is 45.0 Å². The first kappa shape index (κ1) is 13.3. The summed E-state index contributed by atoms with van der Waals surface area (Å²) in [6.45, 7) is 0.800. The molecule has 0 amide bonds. The van der Waals surface area contributed by atoms with Crippen molar-refractivity contribution >= 4 is 66.2 Å². The molecule has 98 valence electrons. The van der Waals surface area contributed by atoms with E-state index in [-0.39, 0.29) is 0 Å². The van der Waals surface area contributed by atoms with Crippen LogP contribution in [0, 0.1) is 0 Å². The number of hydrogen-bond donors (Lipinski definition) is 0. The fraction of sp³-hybridized carbons (Fsp3) is 0.167. The summed E-state index contributed by atoms with van der Waals surface area (Å²) in [7, 11) is 2.02. The van der Waals surface area contributed by atoms with Crippen molar-refractivity contribution < 1.29 is 0 Å². The van der Waals surface area contributed by atoms with Gasteiger partial charge in [0.25, 0.3) is 0 Å². The zero-order valence-corrected chi connectivity index (χ0v) is 13.9. The van der Waals surface area contributed by atoms with Crippen LogP contribution in [0.2, 0.25) is 5.28 Å². The summed E-state index contributed by atoms with van der Waals surface area (Å²) in [5.74, 6) is 0.876. The molecule has 7 heteroatoms. The first-order valence-corrected chi connectivity index (χ1v) is 8.41. The van der Waals surface area contributed by atoms with Crippen LogP contribution >= 0.6 is 50.2 Å². The predicted octanol–water partition coefficient (Wildman–Crippen LogP) is 4.81. The fourth-order valence-corrected chi connectivity index (χ4v) is 4.33. The SMILES string of the molecule is CN(Cc1cc(Br)cs1)c1nc(Cl)nc2sccc12. The summed E-state index contributed by atoms with van der Waals surface area (Å²) < 4.78 is 1.11. The summed E-state index contributed by atoms with van der Waals surface area (Å²) in [5, 5.41) is 5.43. The van der Waals surface area contributed by atoms with Gasteiger partial charge >= 0.3 is 0 Å². The maximum Gasteiger partial charge on any atom is 0.225 e. The second kappa shape index (κ2) is 5.36. The summed E-state index contributed by atoms with van der Waals surface area (Å²) in [5.41, 5.74) is 0. The molecule has 0 fully saturated rings. The third-order valence-corrected chi connectivity index (χ3v) is 5.31. The van der Waals surface area contributed by atoms with Gasteiger partial charge in [-0.2, -0.15) is 4.98 Å². The molecular formula is C12H9BrClN3S2. The molecule has 0 spiro atoms. The van der Waals surface area contributed by atoms with E-state index in [0.29, 0.717) is 5.28 Å². The predicted molar refractivity (Wildman–Crippen MR) is 86.6 cm³/mol. The number of aromatic nitrogens is 2. The Kier molecular flexibility index (Phi) is 3.75. The molecule has 19 heavy (non-hydrogen) atoms. The Morgan fingerprint density at radius 1 is 1.37 bits per heavy atom. The fourth-order valence-electron chi connectivity index (χ4n) is 1.85. The lowest BCUT2D eigenvalue weighted by atomic mass is 10.3. The zero-order chi connectivity index (χ0) is 13.4. The molecule has 0 aliphatic rings. The average molecular weight is 375 g/mol. The highest BCUT2D eigenvalue weighted by Crippen LogP contribution is 2.30. The first-order chi connectivity index (χ1) is 9.13. The van der Waals surface area contributed by atoms with Crippen molar-refractivity contribution in [3.63, 3.8) is 0 Å². The van der Waals surface area contributed by atoms with Crippen LogP contribution in [0.4, 0.5) is 5.82 Å². The van der Waals surface area contributed by atoms with Crippen molar-refractivity contribution in [1.29, 1.82) is 0 Å². The second-order valence-corrected chi connectivity index (χ2v) is 7.19. The van der Waals surface area contributed by atoms with E-state index in [1.165, 1.54) is 4.88 Å². The van der Waals surface area contributed by atoms with Crippen LogP contribution < -0.4 is 4.90 Å². The van der Waals surface area contributed by atoms with Gasteiger partial charge in [0.2, 0.25) is 5.28 Å². The van der Waals surface area contributed by atoms with Crippen molar-refractivity contribution in [3.8, 4) is 0 Å². The Bertz CT molecular complexity index is 725. The van der Waals surface area contributed by atoms with Gasteiger partial charge in [0.15, 0.2) is 0 Å². The number of thiophene rings is 2. The Morgan fingerprint density at radius 3 is 2.95 bits per heavy atom. The third kappa shape index (κ3) is 2.76. The van der Waals surface area contributed by atoms with Crippen molar-refractivity contribution in [2.75, 3.05) is 11.9 Å². The molecule has 0 saturated heterocycles. The number of anilines is 1. The largest absolute Gasteiger partial charge is 0.354 e. The minimum atomic E-state index is 0.296. The van der Waals surface area contributed by atoms with Crippen molar-refractivity contribution in [2.45, 2.75) is 6.54 Å². The maximum absolute atomic E-state index is 5.98. The normalized spacial score (nSPS) is 11.1. The number of rotatable bonds is 3. The van der Waals surface area contributed by atoms with E-state index in [1.807, 2.05) is 18.5 Å². The molecule has 0 bridgehead atoms. The van der Waals surface area contributed by atoms with E-state index in [0.717, 1.165) is 27.1 Å². The van der Waals surface area contributed by atoms with Crippen molar-refractivity contribution in [3.05, 3.63) is 37.5 Å². The van der Waals surface area contributed by atoms with Crippen molar-refractivity contribution in [1.82, 2.24) is 9.97 Å². The van der Waals surface area contributed by atoms with E-state index >= 15 is 0 Å². The minimum Gasteiger partial charge on any atom is -0.354 e. The lowest BCUT2D eigenvalue weighted by molar-refractivity contribution is 0.915. The maximum atomic E-state index is 5.98. The van der Waals surface area contributed by atoms with Crippen LogP contribution in [0.5, 0.6) is 0 Å². The average Bonchev–Trinajstić information content (AvgIpc) is 2.96. The number of fused-ring (bicyclic) bond motifs is 1. The van der Waals surface area contributed by atoms with Gasteiger partial charge in [-0.3, -0.25) is 0 Å². The molecule has 0 aliphatic carbocycles. The van der Waals surface area contributed by atoms with E-state index in [9.17, 15) is 0 Å². The first-order valence-electron chi connectivity index (χ1n) is 5.48. The quantitative estimate of drug-likeness (QED) is 0.616. The van der Waals surface area contributed by atoms with Gasteiger partial charge in [-0.1, -0.05) is 0 Å². The third-order valence-electron chi connectivity index (χ3n) is 2.65. The molecule has 0 N–H and O–H groups in total. The Morgan fingerprint density at radius 2 is 2.21 bits per heavy atom. The molecule has 3 aromatic rings. The topological polar surface area (TPSA) is 29.0 Å². The van der Waals surface area contributed by atoms with E-state index in [2.05, 4.69) is 42.2 Å². The van der Waals surface area contributed by atoms with Crippen molar-refractivity contribution in [2.24, 2.45) is 0 Å². The van der Waals surface area contributed by atoms with E-state index in [4.69, 9.17) is 11.6 Å².